The van der Waals surface area contributed by atoms with Gasteiger partial charge < -0.3 is 5.32 Å². The largest absolute Gasteiger partial charge is 0.314 e. The van der Waals surface area contributed by atoms with Crippen LogP contribution < -0.4 is 5.32 Å². The van der Waals surface area contributed by atoms with Crippen molar-refractivity contribution in [3.05, 3.63) is 0 Å². The smallest absolute Gasteiger partial charge is 0.00416 e. The summed E-state index contributed by atoms with van der Waals surface area (Å²) in [7, 11) is 0. The molecule has 0 aromatic carbocycles. The van der Waals surface area contributed by atoms with E-state index in [1.54, 1.807) is 0 Å². The highest BCUT2D eigenvalue weighted by atomic mass is 14.9. The molecule has 3 unspecified atom stereocenters. The second-order valence-electron chi connectivity index (χ2n) is 5.34. The number of rotatable bonds is 0. The van der Waals surface area contributed by atoms with Crippen LogP contribution in [0.4, 0.5) is 0 Å². The van der Waals surface area contributed by atoms with Gasteiger partial charge in [-0.3, -0.25) is 0 Å². The molecular weight excluding hydrogens is 146 g/mol. The van der Waals surface area contributed by atoms with Gasteiger partial charge in [-0.15, -0.1) is 0 Å². The predicted octanol–water partition coefficient (Wildman–Crippen LogP) is 2.42. The highest BCUT2D eigenvalue weighted by molar-refractivity contribution is 4.96. The van der Waals surface area contributed by atoms with E-state index in [-0.39, 0.29) is 0 Å². The average molecular weight is 167 g/mol. The van der Waals surface area contributed by atoms with E-state index in [0.717, 1.165) is 17.9 Å². The zero-order valence-electron chi connectivity index (χ0n) is 8.56. The van der Waals surface area contributed by atoms with Crippen LogP contribution in [0.3, 0.4) is 0 Å². The number of hydrogen-bond donors (Lipinski definition) is 1. The maximum absolute atomic E-state index is 3.63. The summed E-state index contributed by atoms with van der Waals surface area (Å²) in [6.45, 7) is 8.52. The molecule has 0 radical (unpaired) electrons. The molecule has 70 valence electrons. The fourth-order valence-electron chi connectivity index (χ4n) is 3.12. The van der Waals surface area contributed by atoms with E-state index >= 15 is 0 Å². The predicted molar refractivity (Wildman–Crippen MR) is 52.1 cm³/mol. The van der Waals surface area contributed by atoms with Gasteiger partial charge in [-0.05, 0) is 50.0 Å². The average Bonchev–Trinajstić information content (AvgIpc) is 2.15. The lowest BCUT2D eigenvalue weighted by Gasteiger charge is -2.30. The van der Waals surface area contributed by atoms with Crippen molar-refractivity contribution in [1.29, 1.82) is 0 Å². The molecule has 1 saturated heterocycles. The molecule has 0 spiro atoms. The van der Waals surface area contributed by atoms with Gasteiger partial charge in [-0.25, -0.2) is 0 Å². The zero-order valence-corrected chi connectivity index (χ0v) is 8.56. The molecule has 1 heteroatoms. The Kier molecular flexibility index (Phi) is 1.95. The summed E-state index contributed by atoms with van der Waals surface area (Å²) in [6, 6.07) is 0.750. The van der Waals surface area contributed by atoms with Gasteiger partial charge in [0.05, 0.1) is 0 Å². The second kappa shape index (κ2) is 2.73. The van der Waals surface area contributed by atoms with Crippen LogP contribution in [0, 0.1) is 17.3 Å². The minimum absolute atomic E-state index is 0.609. The normalized spacial score (nSPS) is 45.8. The summed E-state index contributed by atoms with van der Waals surface area (Å²) in [5.41, 5.74) is 0.609. The van der Waals surface area contributed by atoms with E-state index in [0.29, 0.717) is 5.41 Å². The van der Waals surface area contributed by atoms with E-state index in [9.17, 15) is 0 Å². The van der Waals surface area contributed by atoms with Crippen molar-refractivity contribution in [1.82, 2.24) is 5.32 Å². The fourth-order valence-corrected chi connectivity index (χ4v) is 3.12. The Morgan fingerprint density at radius 3 is 2.58 bits per heavy atom. The Hall–Kier alpha value is -0.0400. The highest BCUT2D eigenvalue weighted by Gasteiger charge is 2.44. The maximum Gasteiger partial charge on any atom is 0.00416 e. The third-order valence-electron chi connectivity index (χ3n) is 4.32. The Morgan fingerprint density at radius 1 is 1.17 bits per heavy atom. The molecule has 0 amide bonds. The van der Waals surface area contributed by atoms with E-state index in [1.165, 1.54) is 25.8 Å². The molecule has 2 bridgehead atoms. The van der Waals surface area contributed by atoms with E-state index in [2.05, 4.69) is 26.1 Å². The molecule has 0 aromatic heterocycles. The Balaban J connectivity index is 2.18. The van der Waals surface area contributed by atoms with Crippen molar-refractivity contribution in [2.24, 2.45) is 17.3 Å². The molecule has 1 N–H and O–H groups in total. The Morgan fingerprint density at radius 2 is 1.83 bits per heavy atom. The number of nitrogens with one attached hydrogen (secondary N) is 1. The van der Waals surface area contributed by atoms with E-state index < -0.39 is 0 Å². The first-order valence-electron chi connectivity index (χ1n) is 5.34. The van der Waals surface area contributed by atoms with Gasteiger partial charge in [0.1, 0.15) is 0 Å². The minimum Gasteiger partial charge on any atom is -0.314 e. The van der Waals surface area contributed by atoms with Crippen LogP contribution in [0.5, 0.6) is 0 Å². The third kappa shape index (κ3) is 1.19. The first-order chi connectivity index (χ1) is 5.60. The van der Waals surface area contributed by atoms with Gasteiger partial charge in [0.25, 0.3) is 0 Å². The van der Waals surface area contributed by atoms with Crippen molar-refractivity contribution >= 4 is 0 Å². The molecule has 1 aliphatic carbocycles. The van der Waals surface area contributed by atoms with Crippen LogP contribution in [-0.2, 0) is 0 Å². The van der Waals surface area contributed by atoms with Crippen molar-refractivity contribution < 1.29 is 0 Å². The third-order valence-corrected chi connectivity index (χ3v) is 4.32. The van der Waals surface area contributed by atoms with Crippen molar-refractivity contribution in [3.63, 3.8) is 0 Å². The molecule has 1 heterocycles. The maximum atomic E-state index is 3.63. The Labute approximate surface area is 75.9 Å². The minimum atomic E-state index is 0.609. The van der Waals surface area contributed by atoms with Gasteiger partial charge in [0, 0.05) is 6.04 Å². The number of fused-ring (bicyclic) bond motifs is 2. The molecule has 0 aromatic rings. The molecule has 1 saturated carbocycles. The van der Waals surface area contributed by atoms with Gasteiger partial charge in [-0.2, -0.15) is 0 Å². The molecule has 12 heavy (non-hydrogen) atoms. The molecule has 1 nitrogen and oxygen atoms in total. The molecule has 2 fully saturated rings. The standard InChI is InChI=1S/C11H21N/c1-8-6-9-4-5-10(7-12-8)11(9,2)3/h8-10,12H,4-7H2,1-3H3. The zero-order chi connectivity index (χ0) is 8.77. The lowest BCUT2D eigenvalue weighted by molar-refractivity contribution is 0.196. The summed E-state index contributed by atoms with van der Waals surface area (Å²) < 4.78 is 0. The lowest BCUT2D eigenvalue weighted by Crippen LogP contribution is -2.30. The molecule has 3 atom stereocenters. The first-order valence-corrected chi connectivity index (χ1v) is 5.34. The fraction of sp³-hybridized carbons (Fsp3) is 1.00. The van der Waals surface area contributed by atoms with Crippen LogP contribution in [0.2, 0.25) is 0 Å². The van der Waals surface area contributed by atoms with Crippen LogP contribution in [0.15, 0.2) is 0 Å². The monoisotopic (exact) mass is 167 g/mol. The van der Waals surface area contributed by atoms with Crippen LogP contribution in [0.25, 0.3) is 0 Å². The van der Waals surface area contributed by atoms with Gasteiger partial charge in [0.2, 0.25) is 0 Å². The van der Waals surface area contributed by atoms with E-state index in [1.807, 2.05) is 0 Å². The summed E-state index contributed by atoms with van der Waals surface area (Å²) in [6.07, 6.45) is 4.32. The molecule has 2 rings (SSSR count). The van der Waals surface area contributed by atoms with Gasteiger partial charge >= 0.3 is 0 Å². The molecular formula is C11H21N. The van der Waals surface area contributed by atoms with E-state index in [4.69, 9.17) is 0 Å². The summed E-state index contributed by atoms with van der Waals surface area (Å²) in [4.78, 5) is 0. The van der Waals surface area contributed by atoms with Gasteiger partial charge in [0.15, 0.2) is 0 Å². The highest BCUT2D eigenvalue weighted by Crippen LogP contribution is 2.50. The summed E-state index contributed by atoms with van der Waals surface area (Å²) in [5.74, 6) is 1.92. The molecule has 2 aliphatic rings. The van der Waals surface area contributed by atoms with Crippen LogP contribution in [0.1, 0.15) is 40.0 Å². The quantitative estimate of drug-likeness (QED) is 0.584. The molecule has 1 aliphatic heterocycles. The van der Waals surface area contributed by atoms with Gasteiger partial charge in [-0.1, -0.05) is 13.8 Å². The van der Waals surface area contributed by atoms with Crippen LogP contribution in [-0.4, -0.2) is 12.6 Å². The van der Waals surface area contributed by atoms with Crippen LogP contribution >= 0.6 is 0 Å². The van der Waals surface area contributed by atoms with Crippen molar-refractivity contribution in [2.45, 2.75) is 46.1 Å². The van der Waals surface area contributed by atoms with Crippen molar-refractivity contribution in [3.8, 4) is 0 Å². The summed E-state index contributed by atoms with van der Waals surface area (Å²) >= 11 is 0. The second-order valence-corrected chi connectivity index (χ2v) is 5.34. The topological polar surface area (TPSA) is 12.0 Å². The summed E-state index contributed by atoms with van der Waals surface area (Å²) in [5, 5.41) is 3.63. The number of hydrogen-bond acceptors (Lipinski definition) is 1. The first kappa shape index (κ1) is 8.55. The SMILES string of the molecule is CC1CC2CCC(CN1)C2(C)C. The Bertz CT molecular complexity index is 174. The lowest BCUT2D eigenvalue weighted by atomic mass is 9.75. The van der Waals surface area contributed by atoms with Crippen molar-refractivity contribution in [2.75, 3.05) is 6.54 Å².